The Labute approximate surface area is 239 Å². The van der Waals surface area contributed by atoms with Crippen LogP contribution in [0, 0.1) is 3.57 Å². The van der Waals surface area contributed by atoms with E-state index in [4.69, 9.17) is 18.9 Å². The smallest absolute Gasteiger partial charge is 0.247 e. The van der Waals surface area contributed by atoms with E-state index in [0.717, 1.165) is 5.56 Å². The van der Waals surface area contributed by atoms with Crippen LogP contribution in [0.4, 0.5) is 0 Å². The van der Waals surface area contributed by atoms with Gasteiger partial charge >= 0.3 is 0 Å². The van der Waals surface area contributed by atoms with Gasteiger partial charge in [-0.05, 0) is 64.1 Å². The maximum atomic E-state index is 12.9. The number of nitrogens with zero attached hydrogens (tertiary/aromatic N) is 1. The third-order valence-corrected chi connectivity index (χ3v) is 7.34. The van der Waals surface area contributed by atoms with Crippen molar-refractivity contribution < 1.29 is 43.9 Å². The molecule has 2 aromatic carbocycles. The molecule has 1 aliphatic carbocycles. The van der Waals surface area contributed by atoms with Gasteiger partial charge in [0.05, 0.1) is 29.9 Å². The molecule has 0 aromatic heterocycles. The number of carbonyl (C=O) groups excluding carboxylic acids is 2. The molecule has 0 bridgehead atoms. The highest BCUT2D eigenvalue weighted by molar-refractivity contribution is 14.1. The van der Waals surface area contributed by atoms with Crippen LogP contribution in [-0.4, -0.2) is 77.3 Å². The van der Waals surface area contributed by atoms with E-state index in [0.29, 0.717) is 37.7 Å². The number of halogens is 1. The van der Waals surface area contributed by atoms with Gasteiger partial charge in [-0.3, -0.25) is 9.59 Å². The number of hydrogen-bond acceptors (Lipinski definition) is 9. The van der Waals surface area contributed by atoms with Crippen LogP contribution in [0.1, 0.15) is 24.5 Å². The molecule has 1 aliphatic heterocycles. The van der Waals surface area contributed by atoms with Crippen molar-refractivity contribution >= 4 is 34.4 Å². The molecule has 3 atom stereocenters. The molecule has 2 aliphatic rings. The molecule has 2 amide bonds. The number of benzene rings is 2. The van der Waals surface area contributed by atoms with E-state index in [9.17, 15) is 24.9 Å². The molecule has 39 heavy (non-hydrogen) atoms. The van der Waals surface area contributed by atoms with E-state index in [1.165, 1.54) is 25.0 Å². The number of rotatable bonds is 10. The van der Waals surface area contributed by atoms with Gasteiger partial charge in [-0.15, -0.1) is 0 Å². The molecule has 12 heteroatoms. The van der Waals surface area contributed by atoms with Crippen molar-refractivity contribution in [1.29, 1.82) is 0 Å². The van der Waals surface area contributed by atoms with Gasteiger partial charge in [0.2, 0.25) is 18.6 Å². The van der Waals surface area contributed by atoms with Crippen molar-refractivity contribution in [3.8, 4) is 23.0 Å². The quantitative estimate of drug-likeness (QED) is 0.280. The molecule has 11 nitrogen and oxygen atoms in total. The molecule has 210 valence electrons. The number of aliphatic hydroxyl groups is 3. The van der Waals surface area contributed by atoms with Gasteiger partial charge in [0, 0.05) is 32.0 Å². The third kappa shape index (κ3) is 6.57. The molecular weight excluding hydrogens is 623 g/mol. The van der Waals surface area contributed by atoms with Crippen LogP contribution in [0.15, 0.2) is 42.0 Å². The van der Waals surface area contributed by atoms with E-state index in [1.807, 2.05) is 28.7 Å². The second-order valence-corrected chi connectivity index (χ2v) is 10.3. The topological polar surface area (TPSA) is 147 Å². The zero-order valence-corrected chi connectivity index (χ0v) is 23.7. The van der Waals surface area contributed by atoms with E-state index >= 15 is 0 Å². The van der Waals surface area contributed by atoms with Crippen molar-refractivity contribution in [3.63, 3.8) is 0 Å². The molecular formula is C27H31IN2O9. The molecule has 0 fully saturated rings. The second-order valence-electron chi connectivity index (χ2n) is 9.12. The minimum atomic E-state index is -1.20. The summed E-state index contributed by atoms with van der Waals surface area (Å²) in [7, 11) is 1.46. The third-order valence-electron chi connectivity index (χ3n) is 6.53. The predicted octanol–water partition coefficient (Wildman–Crippen LogP) is 1.48. The Bertz CT molecular complexity index is 1250. The minimum Gasteiger partial charge on any atom is -0.493 e. The summed E-state index contributed by atoms with van der Waals surface area (Å²) in [5.41, 5.74) is 1.69. The Hall–Kier alpha value is -3.07. The highest BCUT2D eigenvalue weighted by atomic mass is 127. The summed E-state index contributed by atoms with van der Waals surface area (Å²) < 4.78 is 23.2. The molecule has 0 radical (unpaired) electrons. The number of fused-ring (bicyclic) bond motifs is 1. The summed E-state index contributed by atoms with van der Waals surface area (Å²) in [6, 6.07) is 7.90. The van der Waals surface area contributed by atoms with Gasteiger partial charge in [-0.1, -0.05) is 6.07 Å². The Balaban J connectivity index is 1.67. The lowest BCUT2D eigenvalue weighted by Crippen LogP contribution is -2.54. The second kappa shape index (κ2) is 12.9. The Morgan fingerprint density at radius 1 is 1.15 bits per heavy atom. The normalized spacial score (nSPS) is 19.7. The molecule has 2 aromatic rings. The van der Waals surface area contributed by atoms with Gasteiger partial charge in [-0.25, -0.2) is 0 Å². The fraction of sp³-hybridized carbons (Fsp3) is 0.407. The first-order valence-corrected chi connectivity index (χ1v) is 13.4. The fourth-order valence-corrected chi connectivity index (χ4v) is 5.39. The first kappa shape index (κ1) is 28.9. The van der Waals surface area contributed by atoms with Crippen LogP contribution in [-0.2, 0) is 22.7 Å². The van der Waals surface area contributed by atoms with Crippen molar-refractivity contribution in [2.75, 3.05) is 27.1 Å². The zero-order chi connectivity index (χ0) is 28.1. The average molecular weight is 654 g/mol. The first-order valence-electron chi connectivity index (χ1n) is 12.3. The van der Waals surface area contributed by atoms with Crippen molar-refractivity contribution in [1.82, 2.24) is 10.2 Å². The van der Waals surface area contributed by atoms with E-state index in [1.54, 1.807) is 24.3 Å². The van der Waals surface area contributed by atoms with Crippen molar-refractivity contribution in [2.24, 2.45) is 0 Å². The van der Waals surface area contributed by atoms with Crippen LogP contribution < -0.4 is 24.3 Å². The predicted molar refractivity (Wildman–Crippen MR) is 147 cm³/mol. The zero-order valence-electron chi connectivity index (χ0n) is 21.6. The highest BCUT2D eigenvalue weighted by Crippen LogP contribution is 2.38. The number of nitrogens with one attached hydrogen (secondary N) is 1. The lowest BCUT2D eigenvalue weighted by Gasteiger charge is -2.40. The lowest BCUT2D eigenvalue weighted by atomic mass is 9.88. The van der Waals surface area contributed by atoms with Crippen molar-refractivity contribution in [3.05, 3.63) is 56.7 Å². The summed E-state index contributed by atoms with van der Waals surface area (Å²) >= 11 is 2.05. The number of carbonyl (C=O) groups is 2. The van der Waals surface area contributed by atoms with Gasteiger partial charge in [0.15, 0.2) is 23.0 Å². The minimum absolute atomic E-state index is 0.0525. The maximum absolute atomic E-state index is 12.9. The summed E-state index contributed by atoms with van der Waals surface area (Å²) in [4.78, 5) is 27.3. The van der Waals surface area contributed by atoms with E-state index < -0.39 is 24.2 Å². The van der Waals surface area contributed by atoms with E-state index in [-0.39, 0.29) is 45.4 Å². The fourth-order valence-electron chi connectivity index (χ4n) is 4.59. The Morgan fingerprint density at radius 2 is 1.92 bits per heavy atom. The number of hydrogen-bond donors (Lipinski definition) is 4. The SMILES string of the molecule is COc1cc(CO)cc(I)c1O[C@H]1C=C(C(=O)NCCO)C[C@@H](N(Cc2ccc3c(c2)OCO3)C(C)=O)[C@@H]1O. The molecule has 0 unspecified atom stereocenters. The molecule has 0 saturated carbocycles. The first-order chi connectivity index (χ1) is 18.7. The Kier molecular flexibility index (Phi) is 9.53. The molecule has 0 saturated heterocycles. The molecule has 0 spiro atoms. The maximum Gasteiger partial charge on any atom is 0.247 e. The summed E-state index contributed by atoms with van der Waals surface area (Å²) in [5, 5.41) is 32.9. The number of amides is 2. The van der Waals surface area contributed by atoms with Crippen LogP contribution in [0.5, 0.6) is 23.0 Å². The lowest BCUT2D eigenvalue weighted by molar-refractivity contribution is -0.137. The largest absolute Gasteiger partial charge is 0.493 e. The Morgan fingerprint density at radius 3 is 2.62 bits per heavy atom. The molecule has 4 rings (SSSR count). The van der Waals surface area contributed by atoms with Gasteiger partial charge in [0.1, 0.15) is 12.2 Å². The van der Waals surface area contributed by atoms with Crippen LogP contribution in [0.25, 0.3) is 0 Å². The highest BCUT2D eigenvalue weighted by Gasteiger charge is 2.40. The number of methoxy groups -OCH3 is 1. The van der Waals surface area contributed by atoms with Gasteiger partial charge < -0.3 is 44.5 Å². The molecule has 4 N–H and O–H groups in total. The van der Waals surface area contributed by atoms with Crippen LogP contribution >= 0.6 is 22.6 Å². The van der Waals surface area contributed by atoms with Crippen molar-refractivity contribution in [2.45, 2.75) is 44.7 Å². The number of aliphatic hydroxyl groups excluding tert-OH is 3. The van der Waals surface area contributed by atoms with Crippen LogP contribution in [0.2, 0.25) is 0 Å². The number of ether oxygens (including phenoxy) is 4. The summed E-state index contributed by atoms with van der Waals surface area (Å²) in [6.07, 6.45) is -0.613. The van der Waals surface area contributed by atoms with Crippen LogP contribution in [0.3, 0.4) is 0 Å². The average Bonchev–Trinajstić information content (AvgIpc) is 3.40. The standard InChI is InChI=1S/C27H31IN2O9/c1-15(33)30(12-16-3-4-21-22(8-16)38-14-37-21)20-10-18(27(35)29-5-6-31)11-23(25(20)34)39-26-19(28)7-17(13-32)9-24(26)36-2/h3-4,7-9,11,20,23,25,31-32,34H,5-6,10,12-14H2,1-2H3,(H,29,35)/t20-,23+,25+/m1/s1. The van der Waals surface area contributed by atoms with E-state index in [2.05, 4.69) is 5.32 Å². The van der Waals surface area contributed by atoms with Gasteiger partial charge in [0.25, 0.3) is 0 Å². The summed E-state index contributed by atoms with van der Waals surface area (Å²) in [5.74, 6) is 1.13. The summed E-state index contributed by atoms with van der Waals surface area (Å²) in [6.45, 7) is 1.30. The van der Waals surface area contributed by atoms with Gasteiger partial charge in [-0.2, -0.15) is 0 Å². The molecule has 1 heterocycles. The monoisotopic (exact) mass is 654 g/mol.